The number of carbonyl (C=O) groups excluding carboxylic acids is 1. The van der Waals surface area contributed by atoms with Gasteiger partial charge in [0.05, 0.1) is 64.0 Å². The number of aromatic nitrogens is 3. The van der Waals surface area contributed by atoms with E-state index in [2.05, 4.69) is 15.5 Å². The zero-order valence-corrected chi connectivity index (χ0v) is 46.1. The van der Waals surface area contributed by atoms with E-state index in [1.807, 2.05) is 51.0 Å². The molecule has 0 amide bonds. The lowest BCUT2D eigenvalue weighted by Crippen LogP contribution is -2.61. The van der Waals surface area contributed by atoms with Crippen molar-refractivity contribution in [3.05, 3.63) is 51.8 Å². The highest BCUT2D eigenvalue weighted by Crippen LogP contribution is 2.41. The fourth-order valence-electron chi connectivity index (χ4n) is 10.9. The molecule has 4 heterocycles. The third kappa shape index (κ3) is 15.0. The van der Waals surface area contributed by atoms with Gasteiger partial charge < -0.3 is 68.6 Å². The smallest absolute Gasteiger partial charge is 0.311 e. The molecule has 74 heavy (non-hydrogen) atoms. The van der Waals surface area contributed by atoms with Crippen LogP contribution in [0.3, 0.4) is 0 Å². The molecule has 0 aliphatic carbocycles. The van der Waals surface area contributed by atoms with Gasteiger partial charge in [0.2, 0.25) is 0 Å². The molecule has 420 valence electrons. The fourth-order valence-corrected chi connectivity index (χ4v) is 10.9. The molecule has 22 nitrogen and oxygen atoms in total. The van der Waals surface area contributed by atoms with Crippen molar-refractivity contribution in [2.75, 3.05) is 47.9 Å². The first kappa shape index (κ1) is 61.1. The number of non-ortho nitro benzene ring substituents is 1. The van der Waals surface area contributed by atoms with Crippen molar-refractivity contribution >= 4 is 17.4 Å². The van der Waals surface area contributed by atoms with Gasteiger partial charge in [0.15, 0.2) is 12.6 Å². The second kappa shape index (κ2) is 26.0. The number of carbonyl (C=O) groups is 1. The summed E-state index contributed by atoms with van der Waals surface area (Å²) in [6, 6.07) is 5.93. The summed E-state index contributed by atoms with van der Waals surface area (Å²) in [7, 11) is 7.18. The van der Waals surface area contributed by atoms with Crippen molar-refractivity contribution in [2.24, 2.45) is 28.8 Å². The van der Waals surface area contributed by atoms with Crippen molar-refractivity contribution in [3.63, 3.8) is 0 Å². The number of likely N-dealkylation sites (N-methyl/N-ethyl adjacent to an activating group) is 2. The molecule has 0 saturated carbocycles. The Hall–Kier alpha value is -3.78. The number of hydrogen-bond acceptors (Lipinski definition) is 20. The number of cyclic esters (lactones) is 1. The molecule has 0 radical (unpaired) electrons. The van der Waals surface area contributed by atoms with Crippen molar-refractivity contribution in [3.8, 4) is 0 Å². The molecular weight excluding hydrogens is 963 g/mol. The number of esters is 1. The summed E-state index contributed by atoms with van der Waals surface area (Å²) in [5.74, 6) is -4.24. The molecule has 0 bridgehead atoms. The van der Waals surface area contributed by atoms with Gasteiger partial charge in [-0.15, -0.1) is 5.10 Å². The Balaban J connectivity index is 1.48. The molecule has 3 fully saturated rings. The van der Waals surface area contributed by atoms with Gasteiger partial charge in [-0.25, -0.2) is 0 Å². The van der Waals surface area contributed by atoms with E-state index in [1.165, 1.54) is 26.2 Å². The second-order valence-corrected chi connectivity index (χ2v) is 22.1. The highest BCUT2D eigenvalue weighted by Gasteiger charge is 2.53. The number of nitro benzene ring substituents is 1. The average molecular weight is 1050 g/mol. The predicted molar refractivity (Wildman–Crippen MR) is 273 cm³/mol. The monoisotopic (exact) mass is 1050 g/mol. The van der Waals surface area contributed by atoms with Crippen molar-refractivity contribution in [2.45, 2.75) is 199 Å². The first-order valence-electron chi connectivity index (χ1n) is 26.2. The molecule has 1 aromatic carbocycles. The first-order chi connectivity index (χ1) is 34.6. The normalized spacial score (nSPS) is 38.5. The molecular formula is C52H87N7O15. The van der Waals surface area contributed by atoms with E-state index in [9.17, 15) is 40.4 Å². The average Bonchev–Trinajstić information content (AvgIpc) is 3.81. The zero-order valence-electron chi connectivity index (χ0n) is 46.1. The van der Waals surface area contributed by atoms with E-state index >= 15 is 0 Å². The number of benzene rings is 1. The molecule has 22 heteroatoms. The third-order valence-electron chi connectivity index (χ3n) is 15.6. The fraction of sp³-hybridized carbons (Fsp3) is 0.808. The maximum atomic E-state index is 14.6. The number of aryl methyl sites for hydroxylation is 2. The maximum Gasteiger partial charge on any atom is 0.311 e. The summed E-state index contributed by atoms with van der Waals surface area (Å²) in [5.41, 5.74) is -2.85. The minimum Gasteiger partial charge on any atom is -0.459 e. The number of aliphatic hydroxyl groups is 5. The van der Waals surface area contributed by atoms with E-state index in [1.54, 1.807) is 65.3 Å². The molecule has 2 aromatic rings. The standard InChI is InChI=1S/C52H87N7O15/c1-15-40-52(10,65)45(61)32(4)42(54-69-25-24-56(11)12)30(2)27-50(8,64)47(33(5)44(34(6)48(63)72-40)73-41-28-51(9,68-14)46(62)35(7)71-41)74-49-43(60)39(26-31(3)70-49)57(13)22-21-37-29-58(55-53-37)23-20-36-16-18-38(19-17-36)59(66)67/h16-19,29-35,39-41,43-47,49,60-62,64-65H,15,20-28H2,1-14H3/b54-42+/t30-,31-,32+,33+,34-,35+,39+,40-,41?,43-,44+,45-,46+,47-,49+,50-,51-,52-/m1/s1. The van der Waals surface area contributed by atoms with Crippen LogP contribution in [0.25, 0.3) is 0 Å². The lowest BCUT2D eigenvalue weighted by molar-refractivity contribution is -0.384. The molecule has 5 rings (SSSR count). The molecule has 1 unspecified atom stereocenters. The van der Waals surface area contributed by atoms with Gasteiger partial charge in [-0.1, -0.05) is 50.2 Å². The second-order valence-electron chi connectivity index (χ2n) is 22.1. The van der Waals surface area contributed by atoms with Crippen LogP contribution in [0.2, 0.25) is 0 Å². The van der Waals surface area contributed by atoms with Crippen LogP contribution in [0.5, 0.6) is 0 Å². The number of methoxy groups -OCH3 is 1. The molecule has 18 atom stereocenters. The van der Waals surface area contributed by atoms with E-state index in [0.717, 1.165) is 11.3 Å². The zero-order chi connectivity index (χ0) is 55.0. The summed E-state index contributed by atoms with van der Waals surface area (Å²) >= 11 is 0. The third-order valence-corrected chi connectivity index (χ3v) is 15.6. The molecule has 0 spiro atoms. The summed E-state index contributed by atoms with van der Waals surface area (Å²) in [4.78, 5) is 35.0. The van der Waals surface area contributed by atoms with Crippen LogP contribution in [0.4, 0.5) is 5.69 Å². The molecule has 3 saturated heterocycles. The lowest BCUT2D eigenvalue weighted by Gasteiger charge is -2.49. The van der Waals surface area contributed by atoms with E-state index in [0.29, 0.717) is 44.6 Å². The molecule has 5 N–H and O–H groups in total. The van der Waals surface area contributed by atoms with Crippen molar-refractivity contribution in [1.82, 2.24) is 24.8 Å². The number of hydrogen-bond donors (Lipinski definition) is 5. The number of aliphatic hydroxyl groups excluding tert-OH is 3. The van der Waals surface area contributed by atoms with Gasteiger partial charge in [0.1, 0.15) is 30.5 Å². The van der Waals surface area contributed by atoms with Gasteiger partial charge in [0, 0.05) is 81.7 Å². The minimum atomic E-state index is -1.97. The summed E-state index contributed by atoms with van der Waals surface area (Å²) in [5, 5.41) is 84.9. The Bertz CT molecular complexity index is 2130. The Morgan fingerprint density at radius 2 is 1.61 bits per heavy atom. The van der Waals surface area contributed by atoms with E-state index < -0.39 is 119 Å². The van der Waals surface area contributed by atoms with Crippen LogP contribution in [-0.2, 0) is 57.4 Å². The van der Waals surface area contributed by atoms with Gasteiger partial charge in [-0.3, -0.25) is 19.6 Å². The lowest BCUT2D eigenvalue weighted by atomic mass is 9.73. The highest BCUT2D eigenvalue weighted by atomic mass is 16.7. The van der Waals surface area contributed by atoms with Gasteiger partial charge in [0.25, 0.3) is 5.69 Å². The van der Waals surface area contributed by atoms with Gasteiger partial charge in [-0.05, 0) is 93.9 Å². The van der Waals surface area contributed by atoms with Crippen LogP contribution in [0, 0.1) is 33.8 Å². The number of nitro groups is 1. The highest BCUT2D eigenvalue weighted by molar-refractivity contribution is 5.88. The largest absolute Gasteiger partial charge is 0.459 e. The van der Waals surface area contributed by atoms with E-state index in [-0.39, 0.29) is 31.6 Å². The first-order valence-corrected chi connectivity index (χ1v) is 26.2. The van der Waals surface area contributed by atoms with Crippen molar-refractivity contribution in [1.29, 1.82) is 0 Å². The summed E-state index contributed by atoms with van der Waals surface area (Å²) in [6.07, 6.45) is -7.22. The Morgan fingerprint density at radius 1 is 0.932 bits per heavy atom. The van der Waals surface area contributed by atoms with Crippen LogP contribution < -0.4 is 0 Å². The van der Waals surface area contributed by atoms with Crippen LogP contribution in [0.15, 0.2) is 35.6 Å². The number of ether oxygens (including phenoxy) is 6. The summed E-state index contributed by atoms with van der Waals surface area (Å²) in [6.45, 7) is 18.8. The SMILES string of the molecule is CC[C@H]1OC(=O)[C@H](C)[C@@H](OC2C[C@@](C)(OC)[C@@H](O)[C@H](C)O2)[C@H](C)[C@@H](O[C@@H]2O[C@H](C)C[C@H](N(C)CCc3cn(CCc4ccc([N+](=O)[O-])cc4)nn3)[C@H]2O)[C@](C)(O)C[C@@H](C)/C(=N\OCCN(C)C)[C@H](C)[C@@H](O)[C@]1(C)O. The topological polar surface area (TPSA) is 276 Å². The quantitative estimate of drug-likeness (QED) is 0.0618. The predicted octanol–water partition coefficient (Wildman–Crippen LogP) is 3.51. The Morgan fingerprint density at radius 3 is 2.23 bits per heavy atom. The number of oxime groups is 1. The number of nitrogens with zero attached hydrogens (tertiary/aromatic N) is 7. The summed E-state index contributed by atoms with van der Waals surface area (Å²) < 4.78 is 40.1. The van der Waals surface area contributed by atoms with Crippen molar-refractivity contribution < 1.29 is 68.5 Å². The van der Waals surface area contributed by atoms with Crippen LogP contribution in [-0.4, -0.2) is 199 Å². The molecule has 3 aliphatic rings. The molecule has 3 aliphatic heterocycles. The van der Waals surface area contributed by atoms with Crippen LogP contribution >= 0.6 is 0 Å². The number of rotatable bonds is 18. The van der Waals surface area contributed by atoms with Crippen LogP contribution in [0.1, 0.15) is 106 Å². The van der Waals surface area contributed by atoms with E-state index in [4.69, 9.17) is 33.3 Å². The Labute approximate surface area is 436 Å². The molecule has 1 aromatic heterocycles. The maximum absolute atomic E-state index is 14.6. The minimum absolute atomic E-state index is 0.0298. The van der Waals surface area contributed by atoms with Gasteiger partial charge in [-0.2, -0.15) is 0 Å². The van der Waals surface area contributed by atoms with Gasteiger partial charge >= 0.3 is 5.97 Å². The Kier molecular flexibility index (Phi) is 21.5.